The standard InChI is InChI=1S/C21H16ClN3O4/c22-18-8-2-1-5-14(18)12-24-9-3-6-15(24)11-17-19(26)23-21(28)25(20(17)27)13-16-7-4-10-29-16/h1-11H,12-13H2,(H,23,26,28)/b17-11-. The number of carbonyl (C=O) groups is 3. The fraction of sp³-hybridized carbons (Fsp3) is 0.0952. The monoisotopic (exact) mass is 409 g/mol. The normalized spacial score (nSPS) is 15.8. The first-order chi connectivity index (χ1) is 14.0. The molecule has 1 aliphatic heterocycles. The number of urea groups is 1. The maximum Gasteiger partial charge on any atom is 0.331 e. The first kappa shape index (κ1) is 18.8. The van der Waals surface area contributed by atoms with Gasteiger partial charge in [-0.3, -0.25) is 19.8 Å². The molecule has 0 unspecified atom stereocenters. The van der Waals surface area contributed by atoms with Crippen LogP contribution in [-0.2, 0) is 22.7 Å². The Labute approximate surface area is 171 Å². The lowest BCUT2D eigenvalue weighted by atomic mass is 10.1. The third kappa shape index (κ3) is 3.86. The number of furan rings is 1. The van der Waals surface area contributed by atoms with Gasteiger partial charge in [-0.1, -0.05) is 29.8 Å². The lowest BCUT2D eigenvalue weighted by Crippen LogP contribution is -2.53. The van der Waals surface area contributed by atoms with Gasteiger partial charge in [-0.2, -0.15) is 0 Å². The van der Waals surface area contributed by atoms with Gasteiger partial charge in [0.05, 0.1) is 12.8 Å². The Balaban J connectivity index is 1.62. The number of aromatic nitrogens is 1. The number of nitrogens with one attached hydrogen (secondary N) is 1. The summed E-state index contributed by atoms with van der Waals surface area (Å²) in [5.41, 5.74) is 1.41. The van der Waals surface area contributed by atoms with E-state index in [4.69, 9.17) is 16.0 Å². The molecule has 1 fully saturated rings. The Bertz CT molecular complexity index is 1110. The summed E-state index contributed by atoms with van der Waals surface area (Å²) in [6.45, 7) is 0.402. The Morgan fingerprint density at radius 1 is 1.00 bits per heavy atom. The molecule has 1 aliphatic rings. The SMILES string of the molecule is O=C1NC(=O)N(Cc2ccco2)C(=O)/C1=C\c1cccn1Cc1ccccc1Cl. The van der Waals surface area contributed by atoms with Crippen molar-refractivity contribution in [3.63, 3.8) is 0 Å². The van der Waals surface area contributed by atoms with Crippen molar-refractivity contribution in [3.8, 4) is 0 Å². The van der Waals surface area contributed by atoms with Crippen LogP contribution in [0.4, 0.5) is 4.79 Å². The molecule has 0 saturated carbocycles. The number of barbiturate groups is 1. The molecule has 0 radical (unpaired) electrons. The number of imide groups is 2. The second-order valence-corrected chi connectivity index (χ2v) is 6.85. The molecule has 1 aromatic carbocycles. The van der Waals surface area contributed by atoms with Gasteiger partial charge in [0.1, 0.15) is 11.3 Å². The molecule has 1 saturated heterocycles. The van der Waals surface area contributed by atoms with Crippen LogP contribution in [0.2, 0.25) is 5.02 Å². The minimum atomic E-state index is -0.778. The Morgan fingerprint density at radius 2 is 1.83 bits per heavy atom. The number of rotatable bonds is 5. The van der Waals surface area contributed by atoms with E-state index in [1.165, 1.54) is 12.3 Å². The molecule has 7 nitrogen and oxygen atoms in total. The fourth-order valence-electron chi connectivity index (χ4n) is 3.06. The van der Waals surface area contributed by atoms with Crippen molar-refractivity contribution in [3.05, 3.63) is 88.6 Å². The van der Waals surface area contributed by atoms with E-state index in [1.54, 1.807) is 30.3 Å². The summed E-state index contributed by atoms with van der Waals surface area (Å²) in [6, 6.07) is 13.5. The lowest BCUT2D eigenvalue weighted by Gasteiger charge is -2.25. The molecule has 0 aliphatic carbocycles. The van der Waals surface area contributed by atoms with Crippen LogP contribution in [0.15, 0.2) is 71.0 Å². The maximum absolute atomic E-state index is 12.8. The molecule has 1 N–H and O–H groups in total. The zero-order chi connectivity index (χ0) is 20.4. The number of halogens is 1. The van der Waals surface area contributed by atoms with Gasteiger partial charge >= 0.3 is 6.03 Å². The van der Waals surface area contributed by atoms with Gasteiger partial charge in [0, 0.05) is 23.5 Å². The van der Waals surface area contributed by atoms with Gasteiger partial charge in [-0.15, -0.1) is 0 Å². The summed E-state index contributed by atoms with van der Waals surface area (Å²) in [6.07, 6.45) is 4.74. The molecule has 29 heavy (non-hydrogen) atoms. The van der Waals surface area contributed by atoms with Crippen molar-refractivity contribution in [1.29, 1.82) is 0 Å². The van der Waals surface area contributed by atoms with E-state index in [1.807, 2.05) is 29.0 Å². The van der Waals surface area contributed by atoms with Crippen LogP contribution < -0.4 is 5.32 Å². The Hall–Kier alpha value is -3.58. The molecule has 3 heterocycles. The maximum atomic E-state index is 12.8. The quantitative estimate of drug-likeness (QED) is 0.516. The highest BCUT2D eigenvalue weighted by Gasteiger charge is 2.36. The zero-order valence-corrected chi connectivity index (χ0v) is 15.9. The smallest absolute Gasteiger partial charge is 0.331 e. The van der Waals surface area contributed by atoms with Crippen LogP contribution in [-0.4, -0.2) is 27.3 Å². The highest BCUT2D eigenvalue weighted by Crippen LogP contribution is 2.20. The number of nitrogens with zero attached hydrogens (tertiary/aromatic N) is 2. The van der Waals surface area contributed by atoms with Crippen LogP contribution in [0.1, 0.15) is 17.0 Å². The summed E-state index contributed by atoms with van der Waals surface area (Å²) >= 11 is 6.23. The van der Waals surface area contributed by atoms with Gasteiger partial charge in [0.15, 0.2) is 0 Å². The lowest BCUT2D eigenvalue weighted by molar-refractivity contribution is -0.130. The number of benzene rings is 1. The highest BCUT2D eigenvalue weighted by molar-refractivity contribution is 6.31. The molecular formula is C21H16ClN3O4. The largest absolute Gasteiger partial charge is 0.467 e. The minimum Gasteiger partial charge on any atom is -0.467 e. The third-order valence-electron chi connectivity index (χ3n) is 4.54. The van der Waals surface area contributed by atoms with Gasteiger partial charge < -0.3 is 8.98 Å². The first-order valence-electron chi connectivity index (χ1n) is 8.83. The third-order valence-corrected chi connectivity index (χ3v) is 4.90. The average Bonchev–Trinajstić information content (AvgIpc) is 3.36. The van der Waals surface area contributed by atoms with Gasteiger partial charge in [-0.05, 0) is 42.0 Å². The van der Waals surface area contributed by atoms with Gasteiger partial charge in [-0.25, -0.2) is 4.79 Å². The molecule has 8 heteroatoms. The summed E-state index contributed by atoms with van der Waals surface area (Å²) in [4.78, 5) is 38.2. The summed E-state index contributed by atoms with van der Waals surface area (Å²) in [5, 5.41) is 2.83. The highest BCUT2D eigenvalue weighted by atomic mass is 35.5. The second kappa shape index (κ2) is 7.81. The van der Waals surface area contributed by atoms with Crippen LogP contribution >= 0.6 is 11.6 Å². The molecular weight excluding hydrogens is 394 g/mol. The Kier molecular flexibility index (Phi) is 5.05. The van der Waals surface area contributed by atoms with Crippen molar-refractivity contribution >= 4 is 35.5 Å². The van der Waals surface area contributed by atoms with E-state index in [0.29, 0.717) is 23.0 Å². The van der Waals surface area contributed by atoms with Gasteiger partial charge in [0.25, 0.3) is 11.8 Å². The summed E-state index contributed by atoms with van der Waals surface area (Å²) in [7, 11) is 0. The van der Waals surface area contributed by atoms with Crippen molar-refractivity contribution in [1.82, 2.24) is 14.8 Å². The number of amides is 4. The molecule has 0 atom stereocenters. The first-order valence-corrected chi connectivity index (χ1v) is 9.20. The zero-order valence-electron chi connectivity index (χ0n) is 15.2. The average molecular weight is 410 g/mol. The summed E-state index contributed by atoms with van der Waals surface area (Å²) < 4.78 is 7.07. The van der Waals surface area contributed by atoms with Crippen LogP contribution in [0, 0.1) is 0 Å². The van der Waals surface area contributed by atoms with E-state index < -0.39 is 17.8 Å². The van der Waals surface area contributed by atoms with Crippen molar-refractivity contribution in [2.24, 2.45) is 0 Å². The topological polar surface area (TPSA) is 84.6 Å². The molecule has 2 aromatic heterocycles. The number of carbonyl (C=O) groups excluding carboxylic acids is 3. The summed E-state index contributed by atoms with van der Waals surface area (Å²) in [5.74, 6) is -0.980. The van der Waals surface area contributed by atoms with Crippen molar-refractivity contribution in [2.75, 3.05) is 0 Å². The van der Waals surface area contributed by atoms with Crippen molar-refractivity contribution in [2.45, 2.75) is 13.1 Å². The predicted octanol–water partition coefficient (Wildman–Crippen LogP) is 3.44. The fourth-order valence-corrected chi connectivity index (χ4v) is 3.25. The molecule has 0 bridgehead atoms. The number of hydrogen-bond donors (Lipinski definition) is 1. The number of hydrogen-bond acceptors (Lipinski definition) is 4. The van der Waals surface area contributed by atoms with E-state index in [0.717, 1.165) is 10.5 Å². The Morgan fingerprint density at radius 3 is 2.59 bits per heavy atom. The molecule has 4 amide bonds. The van der Waals surface area contributed by atoms with Crippen LogP contribution in [0.3, 0.4) is 0 Å². The van der Waals surface area contributed by atoms with Gasteiger partial charge in [0.2, 0.25) is 0 Å². The van der Waals surface area contributed by atoms with E-state index in [2.05, 4.69) is 5.32 Å². The molecule has 146 valence electrons. The van der Waals surface area contributed by atoms with Crippen molar-refractivity contribution < 1.29 is 18.8 Å². The van der Waals surface area contributed by atoms with E-state index in [9.17, 15) is 14.4 Å². The molecule has 4 rings (SSSR count). The predicted molar refractivity (Wildman–Crippen MR) is 106 cm³/mol. The molecule has 0 spiro atoms. The second-order valence-electron chi connectivity index (χ2n) is 6.44. The van der Waals surface area contributed by atoms with Crippen LogP contribution in [0.25, 0.3) is 6.08 Å². The molecule has 3 aromatic rings. The minimum absolute atomic E-state index is 0.0665. The van der Waals surface area contributed by atoms with E-state index in [-0.39, 0.29) is 12.1 Å². The van der Waals surface area contributed by atoms with Crippen LogP contribution in [0.5, 0.6) is 0 Å². The van der Waals surface area contributed by atoms with E-state index >= 15 is 0 Å².